The van der Waals surface area contributed by atoms with Crippen molar-refractivity contribution in [1.82, 2.24) is 9.97 Å². The van der Waals surface area contributed by atoms with E-state index in [0.29, 0.717) is 11.5 Å². The van der Waals surface area contributed by atoms with Crippen LogP contribution in [-0.4, -0.2) is 34.8 Å². The van der Waals surface area contributed by atoms with E-state index in [2.05, 4.69) is 9.97 Å². The summed E-state index contributed by atoms with van der Waals surface area (Å²) < 4.78 is 45.2. The monoisotopic (exact) mass is 353 g/mol. The third-order valence-electron chi connectivity index (χ3n) is 4.20. The van der Waals surface area contributed by atoms with Gasteiger partial charge in [0.15, 0.2) is 0 Å². The van der Waals surface area contributed by atoms with E-state index in [0.717, 1.165) is 6.07 Å². The molecule has 1 aromatic heterocycles. The highest BCUT2D eigenvalue weighted by atomic mass is 19.4. The molecular weight excluding hydrogens is 335 g/mol. The first-order valence-electron chi connectivity index (χ1n) is 7.80. The van der Waals surface area contributed by atoms with Gasteiger partial charge in [0.2, 0.25) is 0 Å². The van der Waals surface area contributed by atoms with Crippen molar-refractivity contribution in [3.05, 3.63) is 47.2 Å². The van der Waals surface area contributed by atoms with Gasteiger partial charge in [-0.05, 0) is 25.0 Å². The lowest BCUT2D eigenvalue weighted by atomic mass is 9.97. The summed E-state index contributed by atoms with van der Waals surface area (Å²) in [5, 5.41) is 10.1. The van der Waals surface area contributed by atoms with Crippen LogP contribution in [0.5, 0.6) is 6.01 Å². The molecule has 0 bridgehead atoms. The van der Waals surface area contributed by atoms with Gasteiger partial charge < -0.3 is 14.7 Å². The zero-order valence-electron chi connectivity index (χ0n) is 13.8. The average molecular weight is 353 g/mol. The number of hydrogen-bond donors (Lipinski definition) is 1. The van der Waals surface area contributed by atoms with Crippen molar-refractivity contribution in [2.24, 2.45) is 0 Å². The molecule has 3 rings (SSSR count). The molecule has 1 aliphatic heterocycles. The number of ether oxygens (including phenoxy) is 1. The van der Waals surface area contributed by atoms with E-state index in [1.807, 2.05) is 0 Å². The Morgan fingerprint density at radius 3 is 2.64 bits per heavy atom. The number of nitrogens with zero attached hydrogens (tertiary/aromatic N) is 3. The van der Waals surface area contributed by atoms with E-state index in [9.17, 15) is 18.3 Å². The number of hydrogen-bond acceptors (Lipinski definition) is 5. The minimum absolute atomic E-state index is 0.127. The molecule has 1 N–H and O–H groups in total. The molecule has 0 aliphatic carbocycles. The number of benzene rings is 1. The molecule has 25 heavy (non-hydrogen) atoms. The summed E-state index contributed by atoms with van der Waals surface area (Å²) in [6, 6.07) is 6.61. The molecule has 1 aromatic carbocycles. The van der Waals surface area contributed by atoms with E-state index in [4.69, 9.17) is 4.74 Å². The third kappa shape index (κ3) is 3.53. The van der Waals surface area contributed by atoms with Gasteiger partial charge in [-0.25, -0.2) is 4.98 Å². The Morgan fingerprint density at radius 1 is 1.24 bits per heavy atom. The van der Waals surface area contributed by atoms with Crippen molar-refractivity contribution < 1.29 is 23.0 Å². The van der Waals surface area contributed by atoms with E-state index >= 15 is 0 Å². The molecule has 0 amide bonds. The fourth-order valence-corrected chi connectivity index (χ4v) is 3.17. The van der Waals surface area contributed by atoms with E-state index < -0.39 is 23.9 Å². The second kappa shape index (κ2) is 6.51. The van der Waals surface area contributed by atoms with Crippen LogP contribution in [0.4, 0.5) is 19.0 Å². The summed E-state index contributed by atoms with van der Waals surface area (Å²) in [4.78, 5) is 10.0. The van der Waals surface area contributed by atoms with Crippen molar-refractivity contribution >= 4 is 5.82 Å². The lowest BCUT2D eigenvalue weighted by Gasteiger charge is -2.28. The molecular formula is C17H18F3N3O2. The van der Waals surface area contributed by atoms with Crippen LogP contribution >= 0.6 is 0 Å². The highest BCUT2D eigenvalue weighted by Gasteiger charge is 2.40. The van der Waals surface area contributed by atoms with Crippen molar-refractivity contribution in [2.45, 2.75) is 31.7 Å². The molecule has 1 fully saturated rings. The zero-order valence-corrected chi connectivity index (χ0v) is 13.8. The predicted octanol–water partition coefficient (Wildman–Crippen LogP) is 3.12. The Kier molecular flexibility index (Phi) is 4.55. The molecule has 0 radical (unpaired) electrons. The summed E-state index contributed by atoms with van der Waals surface area (Å²) in [5.41, 5.74) is 0.0599. The van der Waals surface area contributed by atoms with Crippen molar-refractivity contribution in [2.75, 3.05) is 18.6 Å². The molecule has 134 valence electrons. The highest BCUT2D eigenvalue weighted by molar-refractivity contribution is 5.48. The Labute approximate surface area is 143 Å². The van der Waals surface area contributed by atoms with Crippen molar-refractivity contribution in [3.63, 3.8) is 0 Å². The summed E-state index contributed by atoms with van der Waals surface area (Å²) in [6.07, 6.45) is -5.01. The maximum Gasteiger partial charge on any atom is 0.416 e. The quantitative estimate of drug-likeness (QED) is 0.919. The van der Waals surface area contributed by atoms with Crippen LogP contribution in [0.15, 0.2) is 30.3 Å². The van der Waals surface area contributed by atoms with Crippen LogP contribution < -0.4 is 9.64 Å². The van der Waals surface area contributed by atoms with E-state index in [1.165, 1.54) is 19.2 Å². The van der Waals surface area contributed by atoms with Crippen LogP contribution in [-0.2, 0) is 6.18 Å². The molecule has 2 unspecified atom stereocenters. The Hall–Kier alpha value is -2.35. The van der Waals surface area contributed by atoms with Crippen molar-refractivity contribution in [1.29, 1.82) is 0 Å². The first-order chi connectivity index (χ1) is 11.8. The smallest absolute Gasteiger partial charge is 0.416 e. The molecule has 1 aliphatic rings. The molecule has 1 saturated heterocycles. The molecule has 8 heteroatoms. The molecule has 2 aromatic rings. The topological polar surface area (TPSA) is 58.5 Å². The van der Waals surface area contributed by atoms with Gasteiger partial charge in [0.25, 0.3) is 0 Å². The highest BCUT2D eigenvalue weighted by Crippen LogP contribution is 2.42. The average Bonchev–Trinajstić information content (AvgIpc) is 2.95. The zero-order chi connectivity index (χ0) is 18.2. The molecule has 0 spiro atoms. The third-order valence-corrected chi connectivity index (χ3v) is 4.20. The molecule has 0 saturated carbocycles. The number of aliphatic hydroxyl groups is 1. The Morgan fingerprint density at radius 2 is 1.96 bits per heavy atom. The summed E-state index contributed by atoms with van der Waals surface area (Å²) in [6.45, 7) is 1.94. The fourth-order valence-electron chi connectivity index (χ4n) is 3.17. The van der Waals surface area contributed by atoms with Crippen molar-refractivity contribution in [3.8, 4) is 6.01 Å². The van der Waals surface area contributed by atoms with Gasteiger partial charge in [-0.1, -0.05) is 18.2 Å². The van der Waals surface area contributed by atoms with E-state index in [-0.39, 0.29) is 24.5 Å². The number of aryl methyl sites for hydroxylation is 1. The normalized spacial score (nSPS) is 20.8. The first kappa shape index (κ1) is 17.5. The number of rotatable bonds is 3. The van der Waals surface area contributed by atoms with Crippen LogP contribution in [0.1, 0.15) is 29.3 Å². The maximum atomic E-state index is 13.4. The van der Waals surface area contributed by atoms with Gasteiger partial charge in [-0.3, -0.25) is 0 Å². The number of alkyl halides is 3. The fraction of sp³-hybridized carbons (Fsp3) is 0.412. The minimum Gasteiger partial charge on any atom is -0.467 e. The van der Waals surface area contributed by atoms with Gasteiger partial charge in [0, 0.05) is 18.3 Å². The standard InChI is InChI=1S/C17H18F3N3O2/c1-10-7-15(22-16(21-10)25-2)23-9-11(24)8-14(23)12-5-3-4-6-13(12)17(18,19)20/h3-7,11,14,24H,8-9H2,1-2H3. The van der Waals surface area contributed by atoms with Crippen LogP contribution in [0, 0.1) is 6.92 Å². The SMILES string of the molecule is COc1nc(C)cc(N2CC(O)CC2c2ccccc2C(F)(F)F)n1. The van der Waals surface area contributed by atoms with Gasteiger partial charge in [-0.15, -0.1) is 0 Å². The number of aromatic nitrogens is 2. The summed E-state index contributed by atoms with van der Waals surface area (Å²) >= 11 is 0. The minimum atomic E-state index is -4.46. The number of anilines is 1. The molecule has 5 nitrogen and oxygen atoms in total. The van der Waals surface area contributed by atoms with Gasteiger partial charge in [-0.2, -0.15) is 18.2 Å². The number of halogens is 3. The molecule has 2 heterocycles. The number of methoxy groups -OCH3 is 1. The lowest BCUT2D eigenvalue weighted by Crippen LogP contribution is -2.27. The lowest BCUT2D eigenvalue weighted by molar-refractivity contribution is -0.138. The number of β-amino-alcohol motifs (C(OH)–C–C–N with tert-alkyl or cyclic N) is 1. The maximum absolute atomic E-state index is 13.4. The van der Waals surface area contributed by atoms with Crippen LogP contribution in [0.25, 0.3) is 0 Å². The van der Waals surface area contributed by atoms with Gasteiger partial charge in [0.05, 0.1) is 24.8 Å². The second-order valence-electron chi connectivity index (χ2n) is 6.00. The Bertz CT molecular complexity index is 767. The predicted molar refractivity (Wildman–Crippen MR) is 85.5 cm³/mol. The second-order valence-corrected chi connectivity index (χ2v) is 6.00. The largest absolute Gasteiger partial charge is 0.467 e. The first-order valence-corrected chi connectivity index (χ1v) is 7.80. The van der Waals surface area contributed by atoms with Crippen LogP contribution in [0.2, 0.25) is 0 Å². The molecule has 2 atom stereocenters. The van der Waals surface area contributed by atoms with Crippen LogP contribution in [0.3, 0.4) is 0 Å². The summed E-state index contributed by atoms with van der Waals surface area (Å²) in [5.74, 6) is 0.433. The number of aliphatic hydroxyl groups excluding tert-OH is 1. The van der Waals surface area contributed by atoms with E-state index in [1.54, 1.807) is 24.0 Å². The summed E-state index contributed by atoms with van der Waals surface area (Å²) in [7, 11) is 1.42. The van der Waals surface area contributed by atoms with Gasteiger partial charge >= 0.3 is 12.2 Å². The van der Waals surface area contributed by atoms with Gasteiger partial charge in [0.1, 0.15) is 5.82 Å². The Balaban J connectivity index is 2.06.